The summed E-state index contributed by atoms with van der Waals surface area (Å²) in [6.45, 7) is 6.02. The zero-order valence-electron chi connectivity index (χ0n) is 9.78. The zero-order chi connectivity index (χ0) is 14.7. The first-order valence-electron chi connectivity index (χ1n) is 4.83. The summed E-state index contributed by atoms with van der Waals surface area (Å²) in [4.78, 5) is 29.5. The summed E-state index contributed by atoms with van der Waals surface area (Å²) in [6.07, 6.45) is 1.81. The molecule has 10 heteroatoms. The molecule has 0 spiro atoms. The molecule has 0 saturated carbocycles. The monoisotopic (exact) mass is 314 g/mol. The first-order chi connectivity index (χ1) is 8.97. The molecule has 0 unspecified atom stereocenters. The average molecular weight is 315 g/mol. The predicted octanol–water partition coefficient (Wildman–Crippen LogP) is 2.06. The highest BCUT2D eigenvalue weighted by molar-refractivity contribution is 7.48. The van der Waals surface area contributed by atoms with Crippen LogP contribution in [0.3, 0.4) is 0 Å². The number of carbonyl (C=O) groups excluding carboxylic acids is 2. The van der Waals surface area contributed by atoms with Crippen LogP contribution in [-0.4, -0.2) is 24.4 Å². The van der Waals surface area contributed by atoms with E-state index in [9.17, 15) is 14.2 Å². The van der Waals surface area contributed by atoms with E-state index in [2.05, 4.69) is 36.8 Å². The quantitative estimate of drug-likeness (QED) is 0.151. The van der Waals surface area contributed by atoms with Crippen molar-refractivity contribution in [1.82, 2.24) is 0 Å². The van der Waals surface area contributed by atoms with Crippen molar-refractivity contribution in [2.24, 2.45) is 0 Å². The molecule has 0 heterocycles. The molecule has 0 amide bonds. The molecule has 0 aromatic heterocycles. The summed E-state index contributed by atoms with van der Waals surface area (Å²) in [5, 5.41) is 0. The highest BCUT2D eigenvalue weighted by atomic mass is 35.5. The molecule has 0 aliphatic heterocycles. The zero-order valence-corrected chi connectivity index (χ0v) is 11.4. The van der Waals surface area contributed by atoms with Crippen LogP contribution >= 0.6 is 19.4 Å². The van der Waals surface area contributed by atoms with Gasteiger partial charge < -0.3 is 0 Å². The minimum absolute atomic E-state index is 0.141. The molecule has 0 atom stereocenters. The first-order valence-corrected chi connectivity index (χ1v) is 6.83. The van der Waals surface area contributed by atoms with Gasteiger partial charge in [0.25, 0.3) is 0 Å². The van der Waals surface area contributed by atoms with E-state index in [0.29, 0.717) is 6.42 Å². The van der Waals surface area contributed by atoms with E-state index in [-0.39, 0.29) is 12.5 Å². The Balaban J connectivity index is 4.46. The van der Waals surface area contributed by atoms with E-state index >= 15 is 0 Å². The molecule has 0 bridgehead atoms. The number of rotatable bonds is 10. The van der Waals surface area contributed by atoms with Gasteiger partial charge in [0.1, 0.15) is 0 Å². The second-order valence-corrected chi connectivity index (χ2v) is 4.51. The largest absolute Gasteiger partial charge is 0.547 e. The van der Waals surface area contributed by atoms with Crippen molar-refractivity contribution in [3.8, 4) is 0 Å². The third-order valence-electron chi connectivity index (χ3n) is 1.28. The van der Waals surface area contributed by atoms with Crippen molar-refractivity contribution in [1.29, 1.82) is 0 Å². The smallest absolute Gasteiger partial charge is 0.283 e. The third kappa shape index (κ3) is 8.52. The van der Waals surface area contributed by atoms with Crippen molar-refractivity contribution >= 4 is 31.4 Å². The Kier molecular flexibility index (Phi) is 9.11. The molecule has 0 aliphatic rings. The molecule has 0 radical (unpaired) electrons. The SMILES string of the molecule is C=CC(=O)OOP(=O)(OCCCCl)OOC(=O)C=C. The second kappa shape index (κ2) is 9.71. The van der Waals surface area contributed by atoms with E-state index in [1.54, 1.807) is 0 Å². The lowest BCUT2D eigenvalue weighted by molar-refractivity contribution is -0.257. The topological polar surface area (TPSA) is 97.4 Å². The van der Waals surface area contributed by atoms with E-state index in [0.717, 1.165) is 12.2 Å². The summed E-state index contributed by atoms with van der Waals surface area (Å²) in [7, 11) is -4.42. The summed E-state index contributed by atoms with van der Waals surface area (Å²) in [5.41, 5.74) is 0. The molecule has 0 aliphatic carbocycles. The Bertz CT molecular complexity index is 354. The minimum Gasteiger partial charge on any atom is -0.283 e. The van der Waals surface area contributed by atoms with Gasteiger partial charge in [-0.05, 0) is 6.42 Å². The van der Waals surface area contributed by atoms with Crippen LogP contribution in [-0.2, 0) is 37.8 Å². The fourth-order valence-electron chi connectivity index (χ4n) is 0.519. The molecule has 0 aromatic carbocycles. The predicted molar refractivity (Wildman–Crippen MR) is 63.6 cm³/mol. The lowest BCUT2D eigenvalue weighted by atomic mass is 10.5. The van der Waals surface area contributed by atoms with Gasteiger partial charge in [-0.3, -0.25) is 14.3 Å². The standard InChI is InChI=1S/C9H12ClO8P/c1-3-8(11)15-17-19(13,14-7-5-6-10)18-16-9(12)4-2/h3-4H,1-2,5-7H2. The normalized spacial score (nSPS) is 10.6. The lowest BCUT2D eigenvalue weighted by Crippen LogP contribution is -2.08. The van der Waals surface area contributed by atoms with Gasteiger partial charge in [-0.2, -0.15) is 0 Å². The number of carbonyl (C=O) groups is 2. The van der Waals surface area contributed by atoms with Gasteiger partial charge in [0.05, 0.1) is 6.61 Å². The van der Waals surface area contributed by atoms with Crippen LogP contribution in [0.1, 0.15) is 6.42 Å². The fraction of sp³-hybridized carbons (Fsp3) is 0.333. The van der Waals surface area contributed by atoms with Crippen molar-refractivity contribution in [2.75, 3.05) is 12.5 Å². The number of halogens is 1. The van der Waals surface area contributed by atoms with Gasteiger partial charge in [-0.15, -0.1) is 11.6 Å². The van der Waals surface area contributed by atoms with Crippen LogP contribution in [0, 0.1) is 0 Å². The number of phosphoric acid groups is 1. The van der Waals surface area contributed by atoms with E-state index in [1.807, 2.05) is 0 Å². The van der Waals surface area contributed by atoms with Gasteiger partial charge in [0.2, 0.25) is 0 Å². The number of hydrogen-bond donors (Lipinski definition) is 0. The van der Waals surface area contributed by atoms with Crippen molar-refractivity contribution in [3.05, 3.63) is 25.3 Å². The highest BCUT2D eigenvalue weighted by Gasteiger charge is 2.33. The molecule has 0 aromatic rings. The van der Waals surface area contributed by atoms with Gasteiger partial charge in [0, 0.05) is 18.0 Å². The number of alkyl halides is 1. The van der Waals surface area contributed by atoms with Crippen molar-refractivity contribution < 1.29 is 37.8 Å². The Hall–Kier alpha value is -1.18. The van der Waals surface area contributed by atoms with Crippen LogP contribution in [0.2, 0.25) is 0 Å². The molecule has 0 saturated heterocycles. The van der Waals surface area contributed by atoms with E-state index in [4.69, 9.17) is 11.6 Å². The number of hydrogen-bond acceptors (Lipinski definition) is 8. The van der Waals surface area contributed by atoms with E-state index < -0.39 is 19.8 Å². The van der Waals surface area contributed by atoms with Crippen LogP contribution in [0.25, 0.3) is 0 Å². The van der Waals surface area contributed by atoms with Crippen molar-refractivity contribution in [2.45, 2.75) is 6.42 Å². The molecule has 8 nitrogen and oxygen atoms in total. The van der Waals surface area contributed by atoms with E-state index in [1.165, 1.54) is 0 Å². The van der Waals surface area contributed by atoms with Crippen LogP contribution < -0.4 is 0 Å². The summed E-state index contributed by atoms with van der Waals surface area (Å²) in [6, 6.07) is 0. The molecule has 108 valence electrons. The van der Waals surface area contributed by atoms with Crippen LogP contribution in [0.5, 0.6) is 0 Å². The van der Waals surface area contributed by atoms with Gasteiger partial charge in [0.15, 0.2) is 0 Å². The van der Waals surface area contributed by atoms with Crippen LogP contribution in [0.15, 0.2) is 25.3 Å². The van der Waals surface area contributed by atoms with Gasteiger partial charge >= 0.3 is 19.8 Å². The summed E-state index contributed by atoms with van der Waals surface area (Å²) in [5.74, 6) is -1.86. The third-order valence-corrected chi connectivity index (χ3v) is 2.56. The molecule has 0 N–H and O–H groups in total. The highest BCUT2D eigenvalue weighted by Crippen LogP contribution is 2.50. The average Bonchev–Trinajstić information content (AvgIpc) is 2.42. The summed E-state index contributed by atoms with van der Waals surface area (Å²) >= 11 is 5.38. The van der Waals surface area contributed by atoms with Gasteiger partial charge in [-0.25, -0.2) is 14.2 Å². The maximum Gasteiger partial charge on any atom is 0.547 e. The molecule has 0 fully saturated rings. The molecule has 0 rings (SSSR count). The Morgan fingerprint density at radius 3 is 1.95 bits per heavy atom. The maximum absolute atomic E-state index is 11.8. The fourth-order valence-corrected chi connectivity index (χ4v) is 1.42. The van der Waals surface area contributed by atoms with Gasteiger partial charge in [-0.1, -0.05) is 22.5 Å². The molecular weight excluding hydrogens is 303 g/mol. The lowest BCUT2D eigenvalue weighted by Gasteiger charge is -2.13. The van der Waals surface area contributed by atoms with Crippen molar-refractivity contribution in [3.63, 3.8) is 0 Å². The Labute approximate surface area is 114 Å². The maximum atomic E-state index is 11.8. The molecular formula is C9H12ClO8P. The van der Waals surface area contributed by atoms with Crippen LogP contribution in [0.4, 0.5) is 0 Å². The second-order valence-electron chi connectivity index (χ2n) is 2.69. The Morgan fingerprint density at radius 2 is 1.58 bits per heavy atom. The first kappa shape index (κ1) is 17.8. The Morgan fingerprint density at radius 1 is 1.11 bits per heavy atom. The molecule has 19 heavy (non-hydrogen) atoms. The summed E-state index contributed by atoms with van der Waals surface area (Å²) < 4.78 is 24.8. The minimum atomic E-state index is -4.42.